The summed E-state index contributed by atoms with van der Waals surface area (Å²) in [6.45, 7) is -0.420. The third-order valence-electron chi connectivity index (χ3n) is 4.65. The van der Waals surface area contributed by atoms with Crippen LogP contribution in [0.15, 0.2) is 41.9 Å². The van der Waals surface area contributed by atoms with Crippen molar-refractivity contribution in [3.63, 3.8) is 0 Å². The van der Waals surface area contributed by atoms with Gasteiger partial charge in [-0.25, -0.2) is 15.0 Å². The van der Waals surface area contributed by atoms with Gasteiger partial charge in [0.15, 0.2) is 11.9 Å². The molecule has 1 saturated heterocycles. The van der Waals surface area contributed by atoms with Gasteiger partial charge in [-0.05, 0) is 17.7 Å². The van der Waals surface area contributed by atoms with Crippen LogP contribution < -0.4 is 5.23 Å². The molecule has 3 heterocycles. The highest BCUT2D eigenvalue weighted by Gasteiger charge is 2.44. The largest absolute Gasteiger partial charge is 0.733 e. The number of fused-ring (bicyclic) bond motifs is 1. The van der Waals surface area contributed by atoms with Crippen molar-refractivity contribution in [3.05, 3.63) is 47.7 Å². The van der Waals surface area contributed by atoms with Crippen molar-refractivity contribution in [1.29, 1.82) is 0 Å². The van der Waals surface area contributed by atoms with E-state index in [2.05, 4.69) is 15.0 Å². The first kappa shape index (κ1) is 20.0. The molecule has 4 rings (SSSR count). The summed E-state index contributed by atoms with van der Waals surface area (Å²) < 4.78 is 7.05. The average molecular weight is 420 g/mol. The van der Waals surface area contributed by atoms with E-state index in [1.165, 1.54) is 41.1 Å². The standard InChI is InChI=1S/C17H18N5O6S/c23-5-11-13(24)14(25)17(28-11)21-8-20-12-15(21)18-7-19-16(12)29-6-9-1-3-10(4-2-9)22(26)27/h1-4,7-8,11,13-14,17,23-26H,5-6H2/q-1/t11-,13-,14-,17+/m0/s1. The Labute approximate surface area is 168 Å². The highest BCUT2D eigenvalue weighted by molar-refractivity contribution is 7.98. The molecule has 1 aliphatic rings. The Kier molecular flexibility index (Phi) is 5.65. The molecule has 4 atom stereocenters. The third-order valence-corrected chi connectivity index (χ3v) is 5.70. The maximum absolute atomic E-state index is 10.9. The van der Waals surface area contributed by atoms with E-state index >= 15 is 0 Å². The predicted molar refractivity (Wildman–Crippen MR) is 102 cm³/mol. The molecule has 1 fully saturated rings. The van der Waals surface area contributed by atoms with Crippen LogP contribution in [0, 0.1) is 5.21 Å². The van der Waals surface area contributed by atoms with Crippen LogP contribution in [-0.4, -0.2) is 65.0 Å². The summed E-state index contributed by atoms with van der Waals surface area (Å²) in [5.41, 5.74) is 1.98. The van der Waals surface area contributed by atoms with Crippen LogP contribution in [0.5, 0.6) is 0 Å². The van der Waals surface area contributed by atoms with E-state index in [0.29, 0.717) is 21.9 Å². The van der Waals surface area contributed by atoms with Gasteiger partial charge in [0.1, 0.15) is 35.2 Å². The molecule has 0 amide bonds. The Morgan fingerprint density at radius 3 is 2.55 bits per heavy atom. The molecule has 2 aromatic heterocycles. The van der Waals surface area contributed by atoms with Gasteiger partial charge in [-0.3, -0.25) is 9.77 Å². The fourth-order valence-electron chi connectivity index (χ4n) is 3.10. The maximum atomic E-state index is 10.9. The van der Waals surface area contributed by atoms with E-state index in [1.807, 2.05) is 0 Å². The average Bonchev–Trinajstić information content (AvgIpc) is 3.28. The second kappa shape index (κ2) is 8.20. The van der Waals surface area contributed by atoms with Crippen LogP contribution in [0.1, 0.15) is 11.8 Å². The minimum Gasteiger partial charge on any atom is -0.733 e. The molecule has 4 N–H and O–H groups in total. The lowest BCUT2D eigenvalue weighted by Gasteiger charge is -2.21. The molecule has 0 saturated carbocycles. The number of hydrogen-bond acceptors (Lipinski definition) is 11. The Morgan fingerprint density at radius 1 is 1.14 bits per heavy atom. The van der Waals surface area contributed by atoms with Crippen molar-refractivity contribution in [1.82, 2.24) is 19.5 Å². The van der Waals surface area contributed by atoms with Gasteiger partial charge in [-0.2, -0.15) is 0 Å². The minimum absolute atomic E-state index is 0.139. The molecule has 0 bridgehead atoms. The molecule has 0 aliphatic carbocycles. The number of benzene rings is 1. The molecule has 3 aromatic rings. The summed E-state index contributed by atoms with van der Waals surface area (Å²) in [6.07, 6.45) is -1.46. The maximum Gasteiger partial charge on any atom is 0.166 e. The number of nitrogens with zero attached hydrogens (tertiary/aromatic N) is 5. The van der Waals surface area contributed by atoms with Gasteiger partial charge in [0, 0.05) is 5.75 Å². The van der Waals surface area contributed by atoms with Crippen LogP contribution in [0.3, 0.4) is 0 Å². The Bertz CT molecular complexity index is 984. The van der Waals surface area contributed by atoms with E-state index in [-0.39, 0.29) is 10.9 Å². The molecular formula is C17H18N5O6S-. The van der Waals surface area contributed by atoms with Crippen LogP contribution in [-0.2, 0) is 10.5 Å². The van der Waals surface area contributed by atoms with Crippen LogP contribution in [0.2, 0.25) is 0 Å². The van der Waals surface area contributed by atoms with Gasteiger partial charge >= 0.3 is 0 Å². The van der Waals surface area contributed by atoms with Gasteiger partial charge in [-0.15, -0.1) is 0 Å². The van der Waals surface area contributed by atoms with Crippen molar-refractivity contribution in [2.45, 2.75) is 35.3 Å². The molecule has 29 heavy (non-hydrogen) atoms. The lowest BCUT2D eigenvalue weighted by atomic mass is 10.1. The molecule has 11 nitrogen and oxygen atoms in total. The summed E-state index contributed by atoms with van der Waals surface area (Å²) >= 11 is 1.41. The first-order valence-electron chi connectivity index (χ1n) is 8.67. The molecule has 0 radical (unpaired) electrons. The first-order valence-corrected chi connectivity index (χ1v) is 9.66. The summed E-state index contributed by atoms with van der Waals surface area (Å²) in [7, 11) is 0. The highest BCUT2D eigenvalue weighted by Crippen LogP contribution is 2.33. The number of imidazole rings is 1. The number of aliphatic hydroxyl groups is 3. The molecule has 12 heteroatoms. The van der Waals surface area contributed by atoms with Crippen molar-refractivity contribution in [3.8, 4) is 0 Å². The normalized spacial score (nSPS) is 24.3. The van der Waals surface area contributed by atoms with E-state index < -0.39 is 31.1 Å². The quantitative estimate of drug-likeness (QED) is 0.249. The first-order chi connectivity index (χ1) is 14.0. The van der Waals surface area contributed by atoms with Gasteiger partial charge in [-0.1, -0.05) is 23.9 Å². The number of anilines is 1. The lowest BCUT2D eigenvalue weighted by molar-refractivity contribution is -0.0511. The molecule has 1 aliphatic heterocycles. The number of rotatable bonds is 6. The Morgan fingerprint density at radius 2 is 1.90 bits per heavy atom. The van der Waals surface area contributed by atoms with Gasteiger partial charge in [0.25, 0.3) is 0 Å². The second-order valence-corrected chi connectivity index (χ2v) is 7.42. The van der Waals surface area contributed by atoms with E-state index in [1.54, 1.807) is 12.1 Å². The third kappa shape index (κ3) is 3.79. The van der Waals surface area contributed by atoms with E-state index in [0.717, 1.165) is 5.56 Å². The smallest absolute Gasteiger partial charge is 0.166 e. The van der Waals surface area contributed by atoms with Gasteiger partial charge in [0.05, 0.1) is 18.6 Å². The Hall–Kier alpha value is -2.32. The van der Waals surface area contributed by atoms with Gasteiger partial charge in [0.2, 0.25) is 0 Å². The summed E-state index contributed by atoms with van der Waals surface area (Å²) in [5.74, 6) is 0.539. The molecule has 1 aromatic carbocycles. The zero-order valence-corrected chi connectivity index (χ0v) is 15.8. The number of thioether (sulfide) groups is 1. The summed E-state index contributed by atoms with van der Waals surface area (Å²) in [4.78, 5) is 12.8. The minimum atomic E-state index is -1.23. The molecular weight excluding hydrogens is 402 g/mol. The topological polar surface area (TPSA) is 160 Å². The number of aliphatic hydroxyl groups excluding tert-OH is 3. The predicted octanol–water partition coefficient (Wildman–Crippen LogP) is 0.423. The van der Waals surface area contributed by atoms with Crippen molar-refractivity contribution in [2.24, 2.45) is 0 Å². The molecule has 0 spiro atoms. The molecule has 154 valence electrons. The van der Waals surface area contributed by atoms with Crippen molar-refractivity contribution >= 4 is 28.6 Å². The van der Waals surface area contributed by atoms with Crippen LogP contribution in [0.4, 0.5) is 5.69 Å². The Balaban J connectivity index is 1.55. The van der Waals surface area contributed by atoms with Gasteiger partial charge < -0.3 is 30.5 Å². The fourth-order valence-corrected chi connectivity index (χ4v) is 4.00. The van der Waals surface area contributed by atoms with E-state index in [4.69, 9.17) is 9.94 Å². The lowest BCUT2D eigenvalue weighted by Crippen LogP contribution is -2.33. The molecule has 0 unspecified atom stereocenters. The highest BCUT2D eigenvalue weighted by atomic mass is 32.2. The zero-order chi connectivity index (χ0) is 20.5. The summed E-state index contributed by atoms with van der Waals surface area (Å²) in [6, 6.07) is 6.46. The number of ether oxygens (including phenoxy) is 1. The van der Waals surface area contributed by atoms with Crippen molar-refractivity contribution in [2.75, 3.05) is 11.8 Å². The monoisotopic (exact) mass is 420 g/mol. The van der Waals surface area contributed by atoms with Crippen LogP contribution >= 0.6 is 11.8 Å². The SMILES string of the molecule is [O-]N(O)c1ccc(CSc2ncnc3c2ncn3[C@@H]2O[C@@H](CO)[C@H](O)[C@@H]2O)cc1. The summed E-state index contributed by atoms with van der Waals surface area (Å²) in [5, 5.41) is 49.6. The zero-order valence-electron chi connectivity index (χ0n) is 14.9. The fraction of sp³-hybridized carbons (Fsp3) is 0.353. The van der Waals surface area contributed by atoms with Crippen molar-refractivity contribution < 1.29 is 25.3 Å². The number of hydrogen-bond donors (Lipinski definition) is 4. The van der Waals surface area contributed by atoms with E-state index in [9.17, 15) is 20.5 Å². The number of aromatic nitrogens is 4. The van der Waals surface area contributed by atoms with Crippen LogP contribution in [0.25, 0.3) is 11.2 Å². The second-order valence-electron chi connectivity index (χ2n) is 6.46.